The number of hydrogen-bond donors (Lipinski definition) is 1. The molecule has 1 amide bonds. The number of halogens is 1. The number of hydrogen-bond acceptors (Lipinski definition) is 4. The molecule has 1 aromatic rings. The Kier molecular flexibility index (Phi) is 4.15. The molecule has 1 saturated heterocycles. The van der Waals surface area contributed by atoms with Gasteiger partial charge in [0, 0.05) is 10.2 Å². The van der Waals surface area contributed by atoms with Crippen molar-refractivity contribution in [3.63, 3.8) is 0 Å². The average molecular weight is 342 g/mol. The molecule has 0 spiro atoms. The highest BCUT2D eigenvalue weighted by molar-refractivity contribution is 9.10. The van der Waals surface area contributed by atoms with Crippen LogP contribution in [-0.4, -0.2) is 30.2 Å². The van der Waals surface area contributed by atoms with Gasteiger partial charge in [0.25, 0.3) is 11.5 Å². The summed E-state index contributed by atoms with van der Waals surface area (Å²) in [6.45, 7) is 5.44. The van der Waals surface area contributed by atoms with Crippen LogP contribution in [0.25, 0.3) is 0 Å². The molecule has 0 aromatic heterocycles. The van der Waals surface area contributed by atoms with Gasteiger partial charge in [-0.05, 0) is 44.5 Å². The van der Waals surface area contributed by atoms with Crippen LogP contribution in [0.2, 0.25) is 0 Å². The Bertz CT molecular complexity index is 560. The van der Waals surface area contributed by atoms with Crippen LogP contribution in [0.15, 0.2) is 22.7 Å². The number of anilines is 1. The van der Waals surface area contributed by atoms with E-state index in [1.807, 2.05) is 19.1 Å². The van der Waals surface area contributed by atoms with Crippen molar-refractivity contribution in [2.75, 3.05) is 11.9 Å². The highest BCUT2D eigenvalue weighted by Gasteiger charge is 2.67. The minimum absolute atomic E-state index is 0.210. The van der Waals surface area contributed by atoms with E-state index >= 15 is 0 Å². The molecule has 0 bridgehead atoms. The summed E-state index contributed by atoms with van der Waals surface area (Å²) in [6.07, 6.45) is -0.475. The largest absolute Gasteiger partial charge is 0.463 e. The van der Waals surface area contributed by atoms with Gasteiger partial charge in [0.05, 0.1) is 6.61 Å². The minimum Gasteiger partial charge on any atom is -0.463 e. The fourth-order valence-electron chi connectivity index (χ4n) is 2.01. The summed E-state index contributed by atoms with van der Waals surface area (Å²) in [5, 5.41) is 2.72. The Morgan fingerprint density at radius 2 is 2.15 bits per heavy atom. The maximum atomic E-state index is 12.3. The predicted octanol–water partition coefficient (Wildman–Crippen LogP) is 2.42. The Morgan fingerprint density at radius 1 is 1.50 bits per heavy atom. The number of esters is 1. The first-order valence-electron chi connectivity index (χ1n) is 6.34. The summed E-state index contributed by atoms with van der Waals surface area (Å²) in [4.78, 5) is 24.2. The summed E-state index contributed by atoms with van der Waals surface area (Å²) >= 11 is 3.36. The second-order valence-corrected chi connectivity index (χ2v) is 5.55. The van der Waals surface area contributed by atoms with Crippen molar-refractivity contribution in [3.05, 3.63) is 28.2 Å². The highest BCUT2D eigenvalue weighted by atomic mass is 79.9. The molecular formula is C14H16BrNO4. The number of aryl methyl sites for hydroxylation is 1. The molecule has 1 fully saturated rings. The van der Waals surface area contributed by atoms with Crippen LogP contribution < -0.4 is 5.32 Å². The lowest BCUT2D eigenvalue weighted by atomic mass is 10.0. The molecule has 0 aliphatic carbocycles. The molecule has 2 atom stereocenters. The van der Waals surface area contributed by atoms with Crippen LogP contribution in [0, 0.1) is 6.92 Å². The maximum Gasteiger partial charge on any atom is 0.351 e. The SMILES string of the molecule is CCOC(=O)C1(C(=O)Nc2ccc(Br)cc2C)OC1C. The molecule has 2 unspecified atom stereocenters. The van der Waals surface area contributed by atoms with E-state index < -0.39 is 23.6 Å². The van der Waals surface area contributed by atoms with Gasteiger partial charge in [0.1, 0.15) is 6.10 Å². The van der Waals surface area contributed by atoms with Gasteiger partial charge in [-0.1, -0.05) is 15.9 Å². The van der Waals surface area contributed by atoms with Crippen LogP contribution in [0.1, 0.15) is 19.4 Å². The number of carbonyl (C=O) groups excluding carboxylic acids is 2. The highest BCUT2D eigenvalue weighted by Crippen LogP contribution is 2.39. The molecular weight excluding hydrogens is 326 g/mol. The number of ether oxygens (including phenoxy) is 2. The Labute approximate surface area is 125 Å². The summed E-state index contributed by atoms with van der Waals surface area (Å²) < 4.78 is 11.1. The molecule has 1 aliphatic rings. The van der Waals surface area contributed by atoms with Gasteiger partial charge in [-0.15, -0.1) is 0 Å². The standard InChI is InChI=1S/C14H16BrNO4/c1-4-19-13(18)14(9(3)20-14)12(17)16-11-6-5-10(15)7-8(11)2/h5-7,9H,4H2,1-3H3,(H,16,17). The maximum absolute atomic E-state index is 12.3. The van der Waals surface area contributed by atoms with E-state index in [0.29, 0.717) is 5.69 Å². The number of carbonyl (C=O) groups is 2. The van der Waals surface area contributed by atoms with Gasteiger partial charge in [-0.3, -0.25) is 4.79 Å². The summed E-state index contributed by atoms with van der Waals surface area (Å²) in [7, 11) is 0. The molecule has 6 heteroatoms. The molecule has 1 heterocycles. The second-order valence-electron chi connectivity index (χ2n) is 4.63. The fourth-order valence-corrected chi connectivity index (χ4v) is 2.49. The van der Waals surface area contributed by atoms with Crippen molar-refractivity contribution in [2.24, 2.45) is 0 Å². The lowest BCUT2D eigenvalue weighted by Gasteiger charge is -2.13. The molecule has 0 radical (unpaired) electrons. The fraction of sp³-hybridized carbons (Fsp3) is 0.429. The summed E-state index contributed by atoms with van der Waals surface area (Å²) in [5.74, 6) is -1.13. The summed E-state index contributed by atoms with van der Waals surface area (Å²) in [5.41, 5.74) is 0.0276. The van der Waals surface area contributed by atoms with Gasteiger partial charge in [0.15, 0.2) is 0 Å². The first-order valence-corrected chi connectivity index (χ1v) is 7.13. The minimum atomic E-state index is -1.50. The van der Waals surface area contributed by atoms with Crippen LogP contribution in [0.4, 0.5) is 5.69 Å². The van der Waals surface area contributed by atoms with Crippen LogP contribution in [0.5, 0.6) is 0 Å². The Hall–Kier alpha value is -1.40. The van der Waals surface area contributed by atoms with Crippen LogP contribution >= 0.6 is 15.9 Å². The molecule has 5 nitrogen and oxygen atoms in total. The van der Waals surface area contributed by atoms with E-state index in [0.717, 1.165) is 10.0 Å². The third-order valence-electron chi connectivity index (χ3n) is 3.23. The topological polar surface area (TPSA) is 67.9 Å². The number of amides is 1. The average Bonchev–Trinajstić information content (AvgIpc) is 3.06. The Morgan fingerprint density at radius 3 is 2.65 bits per heavy atom. The van der Waals surface area contributed by atoms with Crippen LogP contribution in [0.3, 0.4) is 0 Å². The summed E-state index contributed by atoms with van der Waals surface area (Å²) in [6, 6.07) is 5.46. The van der Waals surface area contributed by atoms with E-state index in [9.17, 15) is 9.59 Å². The predicted molar refractivity (Wildman–Crippen MR) is 77.4 cm³/mol. The van der Waals surface area contributed by atoms with Crippen molar-refractivity contribution in [1.82, 2.24) is 0 Å². The molecule has 1 aromatic carbocycles. The van der Waals surface area contributed by atoms with Crippen molar-refractivity contribution in [3.8, 4) is 0 Å². The normalized spacial score (nSPS) is 24.1. The zero-order valence-corrected chi connectivity index (χ0v) is 13.1. The van der Waals surface area contributed by atoms with Crippen molar-refractivity contribution in [2.45, 2.75) is 32.5 Å². The lowest BCUT2D eigenvalue weighted by Crippen LogP contribution is -2.42. The van der Waals surface area contributed by atoms with Crippen molar-refractivity contribution >= 4 is 33.5 Å². The Balaban J connectivity index is 2.17. The van der Waals surface area contributed by atoms with E-state index in [2.05, 4.69) is 21.2 Å². The number of rotatable bonds is 4. The van der Waals surface area contributed by atoms with Gasteiger partial charge in [0.2, 0.25) is 0 Å². The van der Waals surface area contributed by atoms with Crippen LogP contribution in [-0.2, 0) is 19.1 Å². The molecule has 2 rings (SSSR count). The molecule has 20 heavy (non-hydrogen) atoms. The van der Waals surface area contributed by atoms with Gasteiger partial charge in [-0.25, -0.2) is 4.79 Å². The molecule has 0 saturated carbocycles. The lowest BCUT2D eigenvalue weighted by molar-refractivity contribution is -0.152. The molecule has 1 N–H and O–H groups in total. The van der Waals surface area contributed by atoms with Crippen molar-refractivity contribution < 1.29 is 19.1 Å². The zero-order chi connectivity index (χ0) is 14.9. The number of benzene rings is 1. The number of epoxide rings is 1. The van der Waals surface area contributed by atoms with Gasteiger partial charge in [-0.2, -0.15) is 0 Å². The van der Waals surface area contributed by atoms with E-state index in [1.165, 1.54) is 0 Å². The third kappa shape index (κ3) is 2.58. The monoisotopic (exact) mass is 341 g/mol. The molecule has 108 valence electrons. The smallest absolute Gasteiger partial charge is 0.351 e. The zero-order valence-electron chi connectivity index (χ0n) is 11.5. The molecule has 1 aliphatic heterocycles. The van der Waals surface area contributed by atoms with E-state index in [4.69, 9.17) is 9.47 Å². The van der Waals surface area contributed by atoms with E-state index in [1.54, 1.807) is 19.9 Å². The third-order valence-corrected chi connectivity index (χ3v) is 3.72. The first kappa shape index (κ1) is 15.0. The first-order chi connectivity index (χ1) is 9.41. The van der Waals surface area contributed by atoms with Gasteiger partial charge >= 0.3 is 5.97 Å². The van der Waals surface area contributed by atoms with E-state index in [-0.39, 0.29) is 6.61 Å². The van der Waals surface area contributed by atoms with Gasteiger partial charge < -0.3 is 14.8 Å². The second kappa shape index (κ2) is 5.54. The number of nitrogens with one attached hydrogen (secondary N) is 1. The van der Waals surface area contributed by atoms with Crippen molar-refractivity contribution in [1.29, 1.82) is 0 Å². The quantitative estimate of drug-likeness (QED) is 0.518.